The van der Waals surface area contributed by atoms with Crippen molar-refractivity contribution in [1.29, 1.82) is 0 Å². The SMILES string of the molecule is CCC(c1nnnn1Cc1ccc(OC)cc1)N(CCc1ccccc1)Cc1cc2cccc(C)c2[nH]c1=O. The van der Waals surface area contributed by atoms with Crippen molar-refractivity contribution in [2.75, 3.05) is 13.7 Å². The standard InChI is InChI=1S/C31H34N6O2/c1-4-28(30-33-34-35-37(30)20-24-13-15-27(39-3)16-14-24)36(18-17-23-10-6-5-7-11-23)21-26-19-25-12-8-9-22(2)29(25)32-31(26)38/h5-16,19,28H,4,17-18,20-21H2,1-3H3,(H,32,38). The number of para-hydroxylation sites is 1. The molecule has 8 nitrogen and oxygen atoms in total. The lowest BCUT2D eigenvalue weighted by atomic mass is 10.1. The third-order valence-electron chi connectivity index (χ3n) is 7.25. The summed E-state index contributed by atoms with van der Waals surface area (Å²) in [5.74, 6) is 1.60. The molecule has 1 N–H and O–H groups in total. The number of rotatable bonds is 11. The largest absolute Gasteiger partial charge is 0.497 e. The third kappa shape index (κ3) is 6.07. The lowest BCUT2D eigenvalue weighted by Crippen LogP contribution is -2.34. The van der Waals surface area contributed by atoms with Crippen LogP contribution in [0.25, 0.3) is 10.9 Å². The molecule has 1 unspecified atom stereocenters. The van der Waals surface area contributed by atoms with Gasteiger partial charge in [-0.2, -0.15) is 0 Å². The van der Waals surface area contributed by atoms with Gasteiger partial charge in [0.1, 0.15) is 5.75 Å². The number of nitrogens with one attached hydrogen (secondary N) is 1. The number of ether oxygens (including phenoxy) is 1. The van der Waals surface area contributed by atoms with Crippen molar-refractivity contribution in [3.05, 3.63) is 117 Å². The van der Waals surface area contributed by atoms with Crippen molar-refractivity contribution in [2.24, 2.45) is 0 Å². The predicted octanol–water partition coefficient (Wildman–Crippen LogP) is 5.08. The fraction of sp³-hybridized carbons (Fsp3) is 0.290. The Labute approximate surface area is 228 Å². The Hall–Kier alpha value is -4.30. The summed E-state index contributed by atoms with van der Waals surface area (Å²) >= 11 is 0. The molecular weight excluding hydrogens is 488 g/mol. The molecule has 2 heterocycles. The summed E-state index contributed by atoms with van der Waals surface area (Å²) in [4.78, 5) is 18.7. The predicted molar refractivity (Wildman–Crippen MR) is 153 cm³/mol. The summed E-state index contributed by atoms with van der Waals surface area (Å²) in [6, 6.07) is 26.4. The van der Waals surface area contributed by atoms with Crippen LogP contribution in [0, 0.1) is 6.92 Å². The second kappa shape index (κ2) is 12.0. The molecule has 0 aliphatic rings. The first kappa shape index (κ1) is 26.3. The fourth-order valence-corrected chi connectivity index (χ4v) is 5.10. The first-order valence-electron chi connectivity index (χ1n) is 13.3. The molecule has 5 aromatic rings. The number of hydrogen-bond donors (Lipinski definition) is 1. The van der Waals surface area contributed by atoms with Gasteiger partial charge in [0.25, 0.3) is 5.56 Å². The minimum absolute atomic E-state index is 0.0609. The van der Waals surface area contributed by atoms with Gasteiger partial charge in [-0.3, -0.25) is 9.69 Å². The van der Waals surface area contributed by atoms with E-state index in [2.05, 4.69) is 56.6 Å². The second-order valence-electron chi connectivity index (χ2n) is 9.84. The van der Waals surface area contributed by atoms with Crippen LogP contribution in [-0.2, 0) is 19.5 Å². The van der Waals surface area contributed by atoms with Crippen molar-refractivity contribution < 1.29 is 4.74 Å². The molecule has 0 spiro atoms. The van der Waals surface area contributed by atoms with Crippen molar-refractivity contribution in [2.45, 2.75) is 45.8 Å². The number of methoxy groups -OCH3 is 1. The highest BCUT2D eigenvalue weighted by Crippen LogP contribution is 2.26. The van der Waals surface area contributed by atoms with Crippen LogP contribution in [0.2, 0.25) is 0 Å². The molecule has 0 amide bonds. The zero-order valence-electron chi connectivity index (χ0n) is 22.7. The maximum absolute atomic E-state index is 13.2. The quantitative estimate of drug-likeness (QED) is 0.260. The zero-order valence-corrected chi connectivity index (χ0v) is 22.7. The van der Waals surface area contributed by atoms with Crippen LogP contribution in [0.5, 0.6) is 5.75 Å². The number of H-pyrrole nitrogens is 1. The van der Waals surface area contributed by atoms with E-state index in [9.17, 15) is 4.79 Å². The van der Waals surface area contributed by atoms with Crippen molar-refractivity contribution in [3.63, 3.8) is 0 Å². The molecule has 8 heteroatoms. The molecule has 0 fully saturated rings. The third-order valence-corrected chi connectivity index (χ3v) is 7.25. The topological polar surface area (TPSA) is 88.9 Å². The molecule has 0 bridgehead atoms. The zero-order chi connectivity index (χ0) is 27.2. The minimum atomic E-state index is -0.0745. The van der Waals surface area contributed by atoms with E-state index in [0.717, 1.165) is 58.6 Å². The Bertz CT molecular complexity index is 1580. The van der Waals surface area contributed by atoms with Crippen molar-refractivity contribution in [3.8, 4) is 5.75 Å². The number of tetrazole rings is 1. The molecular formula is C31H34N6O2. The highest BCUT2D eigenvalue weighted by Gasteiger charge is 2.26. The van der Waals surface area contributed by atoms with Gasteiger partial charge in [0.05, 0.1) is 25.2 Å². The summed E-state index contributed by atoms with van der Waals surface area (Å²) < 4.78 is 7.16. The number of pyridine rings is 1. The van der Waals surface area contributed by atoms with Gasteiger partial charge in [-0.25, -0.2) is 4.68 Å². The lowest BCUT2D eigenvalue weighted by molar-refractivity contribution is 0.172. The molecule has 200 valence electrons. The van der Waals surface area contributed by atoms with Crippen LogP contribution in [0.15, 0.2) is 83.7 Å². The van der Waals surface area contributed by atoms with E-state index in [1.807, 2.05) is 66.2 Å². The molecule has 0 radical (unpaired) electrons. The van der Waals surface area contributed by atoms with Gasteiger partial charge in [0.15, 0.2) is 5.82 Å². The molecule has 0 aliphatic heterocycles. The highest BCUT2D eigenvalue weighted by atomic mass is 16.5. The Kier molecular flexibility index (Phi) is 8.13. The van der Waals surface area contributed by atoms with Crippen molar-refractivity contribution >= 4 is 10.9 Å². The number of hydrogen-bond acceptors (Lipinski definition) is 6. The summed E-state index contributed by atoms with van der Waals surface area (Å²) in [5, 5.41) is 13.9. The first-order valence-corrected chi connectivity index (χ1v) is 13.3. The van der Waals surface area contributed by atoms with Gasteiger partial charge in [0.2, 0.25) is 0 Å². The van der Waals surface area contributed by atoms with E-state index in [0.29, 0.717) is 13.1 Å². The van der Waals surface area contributed by atoms with E-state index in [1.165, 1.54) is 5.56 Å². The second-order valence-corrected chi connectivity index (χ2v) is 9.84. The van der Waals surface area contributed by atoms with E-state index in [1.54, 1.807) is 7.11 Å². The molecule has 39 heavy (non-hydrogen) atoms. The van der Waals surface area contributed by atoms with E-state index in [4.69, 9.17) is 4.74 Å². The average molecular weight is 523 g/mol. The van der Waals surface area contributed by atoms with Gasteiger partial charge < -0.3 is 9.72 Å². The Balaban J connectivity index is 1.47. The number of benzene rings is 3. The number of aromatic nitrogens is 5. The number of nitrogens with zero attached hydrogens (tertiary/aromatic N) is 5. The van der Waals surface area contributed by atoms with Crippen LogP contribution >= 0.6 is 0 Å². The van der Waals surface area contributed by atoms with Gasteiger partial charge in [-0.15, -0.1) is 5.10 Å². The average Bonchev–Trinajstić information content (AvgIpc) is 3.41. The lowest BCUT2D eigenvalue weighted by Gasteiger charge is -2.30. The molecule has 3 aromatic carbocycles. The van der Waals surface area contributed by atoms with Gasteiger partial charge >= 0.3 is 0 Å². The number of aromatic amines is 1. The minimum Gasteiger partial charge on any atom is -0.497 e. The monoisotopic (exact) mass is 522 g/mol. The molecule has 0 saturated carbocycles. The number of fused-ring (bicyclic) bond motifs is 1. The molecule has 1 atom stereocenters. The number of aryl methyl sites for hydroxylation is 1. The van der Waals surface area contributed by atoms with Crippen molar-refractivity contribution in [1.82, 2.24) is 30.1 Å². The highest BCUT2D eigenvalue weighted by molar-refractivity contribution is 5.81. The summed E-state index contributed by atoms with van der Waals surface area (Å²) in [5.41, 5.74) is 4.94. The first-order chi connectivity index (χ1) is 19.1. The summed E-state index contributed by atoms with van der Waals surface area (Å²) in [6.45, 7) is 5.94. The van der Waals surface area contributed by atoms with Gasteiger partial charge in [0, 0.05) is 18.7 Å². The van der Waals surface area contributed by atoms with Crippen LogP contribution in [0.3, 0.4) is 0 Å². The Morgan fingerprint density at radius 1 is 1.00 bits per heavy atom. The van der Waals surface area contributed by atoms with Crippen LogP contribution < -0.4 is 10.3 Å². The smallest absolute Gasteiger partial charge is 0.252 e. The maximum atomic E-state index is 13.2. The molecule has 5 rings (SSSR count). The molecule has 0 aliphatic carbocycles. The molecule has 2 aromatic heterocycles. The maximum Gasteiger partial charge on any atom is 0.252 e. The molecule has 0 saturated heterocycles. The van der Waals surface area contributed by atoms with E-state index >= 15 is 0 Å². The summed E-state index contributed by atoms with van der Waals surface area (Å²) in [6.07, 6.45) is 1.64. The van der Waals surface area contributed by atoms with Crippen LogP contribution in [0.4, 0.5) is 0 Å². The Morgan fingerprint density at radius 2 is 1.79 bits per heavy atom. The van der Waals surface area contributed by atoms with E-state index in [-0.39, 0.29) is 11.6 Å². The normalized spacial score (nSPS) is 12.2. The van der Waals surface area contributed by atoms with Gasteiger partial charge in [-0.1, -0.05) is 67.6 Å². The van der Waals surface area contributed by atoms with Crippen LogP contribution in [-0.4, -0.2) is 43.7 Å². The summed E-state index contributed by atoms with van der Waals surface area (Å²) in [7, 11) is 1.66. The van der Waals surface area contributed by atoms with Gasteiger partial charge in [-0.05, 0) is 70.5 Å². The Morgan fingerprint density at radius 3 is 2.54 bits per heavy atom. The van der Waals surface area contributed by atoms with E-state index < -0.39 is 0 Å². The van der Waals surface area contributed by atoms with Crippen LogP contribution in [0.1, 0.15) is 47.5 Å². The fourth-order valence-electron chi connectivity index (χ4n) is 5.10.